The molecule has 1 aromatic heterocycles. The highest BCUT2D eigenvalue weighted by molar-refractivity contribution is 6.18. The number of aliphatic hydroxyl groups excluding tert-OH is 1. The highest BCUT2D eigenvalue weighted by Crippen LogP contribution is 1.87. The summed E-state index contributed by atoms with van der Waals surface area (Å²) in [7, 11) is 0. The number of carboxylic acids is 1. The molecule has 0 aliphatic rings. The molecule has 84 valence electrons. The molecule has 0 bridgehead atoms. The van der Waals surface area contributed by atoms with E-state index in [-0.39, 0.29) is 5.88 Å². The fourth-order valence-corrected chi connectivity index (χ4v) is 0.946. The van der Waals surface area contributed by atoms with Gasteiger partial charge in [0.25, 0.3) is 0 Å². The van der Waals surface area contributed by atoms with E-state index in [4.69, 9.17) is 26.6 Å². The number of carbonyl (C=O) groups is 1. The second-order valence-corrected chi connectivity index (χ2v) is 3.18. The number of alkyl halides is 1. The number of aromatic nitrogens is 1. The van der Waals surface area contributed by atoms with E-state index in [1.165, 1.54) is 0 Å². The van der Waals surface area contributed by atoms with Crippen molar-refractivity contribution in [2.75, 3.05) is 5.88 Å². The summed E-state index contributed by atoms with van der Waals surface area (Å²) >= 11 is 5.44. The molecule has 1 rings (SSSR count). The predicted octanol–water partition coefficient (Wildman–Crippen LogP) is -0.670. The molecule has 0 aromatic carbocycles. The van der Waals surface area contributed by atoms with Crippen LogP contribution < -0.4 is 9.67 Å². The molecule has 0 aliphatic carbocycles. The lowest BCUT2D eigenvalue weighted by atomic mass is 10.4. The third kappa shape index (κ3) is 9.18. The summed E-state index contributed by atoms with van der Waals surface area (Å²) in [5, 5.41) is 18.0. The molecule has 5 heteroatoms. The zero-order valence-corrected chi connectivity index (χ0v) is 9.22. The monoisotopic (exact) mass is 231 g/mol. The number of rotatable bonds is 3. The second kappa shape index (κ2) is 8.20. The third-order valence-electron chi connectivity index (χ3n) is 1.38. The fourth-order valence-electron chi connectivity index (χ4n) is 0.848. The molecular formula is C10H14ClNO3. The Labute approximate surface area is 93.7 Å². The summed E-state index contributed by atoms with van der Waals surface area (Å²) in [6.45, 7) is 1.53. The molecule has 0 fully saturated rings. The first kappa shape index (κ1) is 13.9. The van der Waals surface area contributed by atoms with Crippen LogP contribution in [0.4, 0.5) is 0 Å². The number of carboxylic acid groups (broad SMARTS) is 1. The van der Waals surface area contributed by atoms with Gasteiger partial charge in [0.15, 0.2) is 18.9 Å². The van der Waals surface area contributed by atoms with Gasteiger partial charge in [-0.2, -0.15) is 0 Å². The Morgan fingerprint density at radius 3 is 2.33 bits per heavy atom. The standard InChI is InChI=1S/C8H11ClNO.C2H4O2/c9-6-8(11)7-10-4-2-1-3-5-10;1-2(3)4/h1-5,8,11H,6-7H2;1H3,(H,3,4)/q+1;/p-1. The molecule has 0 saturated heterocycles. The highest BCUT2D eigenvalue weighted by atomic mass is 35.5. The largest absolute Gasteiger partial charge is 0.550 e. The zero-order chi connectivity index (χ0) is 11.7. The van der Waals surface area contributed by atoms with Gasteiger partial charge >= 0.3 is 0 Å². The van der Waals surface area contributed by atoms with Crippen LogP contribution in [0.2, 0.25) is 0 Å². The summed E-state index contributed by atoms with van der Waals surface area (Å²) in [5.41, 5.74) is 0. The van der Waals surface area contributed by atoms with Gasteiger partial charge < -0.3 is 15.0 Å². The molecular weight excluding hydrogens is 218 g/mol. The van der Waals surface area contributed by atoms with Crippen molar-refractivity contribution in [3.05, 3.63) is 30.6 Å². The van der Waals surface area contributed by atoms with E-state index in [2.05, 4.69) is 0 Å². The molecule has 0 spiro atoms. The normalized spacial score (nSPS) is 11.1. The Bertz CT molecular complexity index is 275. The topological polar surface area (TPSA) is 64.2 Å². The van der Waals surface area contributed by atoms with Crippen molar-refractivity contribution in [1.82, 2.24) is 0 Å². The molecule has 4 nitrogen and oxygen atoms in total. The minimum atomic E-state index is -1.08. The smallest absolute Gasteiger partial charge is 0.175 e. The first-order valence-corrected chi connectivity index (χ1v) is 4.95. The van der Waals surface area contributed by atoms with E-state index >= 15 is 0 Å². The van der Waals surface area contributed by atoms with Crippen LogP contribution in [0, 0.1) is 0 Å². The van der Waals surface area contributed by atoms with Crippen LogP contribution in [-0.2, 0) is 11.3 Å². The summed E-state index contributed by atoms with van der Waals surface area (Å²) < 4.78 is 1.90. The first-order chi connectivity index (χ1) is 7.06. The number of aliphatic carboxylic acids is 1. The quantitative estimate of drug-likeness (QED) is 0.554. The lowest BCUT2D eigenvalue weighted by molar-refractivity contribution is -0.703. The minimum Gasteiger partial charge on any atom is -0.550 e. The summed E-state index contributed by atoms with van der Waals surface area (Å²) in [6, 6.07) is 5.77. The van der Waals surface area contributed by atoms with Crippen molar-refractivity contribution >= 4 is 17.6 Å². The van der Waals surface area contributed by atoms with Crippen LogP contribution in [0.5, 0.6) is 0 Å². The maximum absolute atomic E-state index is 9.16. The van der Waals surface area contributed by atoms with Gasteiger partial charge in [0.2, 0.25) is 0 Å². The molecule has 1 N–H and O–H groups in total. The van der Waals surface area contributed by atoms with Gasteiger partial charge in [-0.15, -0.1) is 11.6 Å². The number of carbonyl (C=O) groups excluding carboxylic acids is 1. The second-order valence-electron chi connectivity index (χ2n) is 2.87. The van der Waals surface area contributed by atoms with Crippen LogP contribution in [0.1, 0.15) is 6.92 Å². The lowest BCUT2D eigenvalue weighted by Crippen LogP contribution is -2.39. The molecule has 1 aromatic rings. The Balaban J connectivity index is 0.000000423. The SMILES string of the molecule is CC(=O)[O-].OC(CCl)C[n+]1ccccc1. The van der Waals surface area contributed by atoms with Crippen LogP contribution in [0.15, 0.2) is 30.6 Å². The first-order valence-electron chi connectivity index (χ1n) is 4.42. The van der Waals surface area contributed by atoms with Crippen molar-refractivity contribution < 1.29 is 19.6 Å². The van der Waals surface area contributed by atoms with E-state index in [0.29, 0.717) is 6.54 Å². The molecule has 0 saturated carbocycles. The zero-order valence-electron chi connectivity index (χ0n) is 8.47. The fraction of sp³-hybridized carbons (Fsp3) is 0.400. The maximum Gasteiger partial charge on any atom is 0.175 e. The van der Waals surface area contributed by atoms with E-state index < -0.39 is 12.1 Å². The number of halogens is 1. The molecule has 1 heterocycles. The van der Waals surface area contributed by atoms with E-state index in [0.717, 1.165) is 6.92 Å². The highest BCUT2D eigenvalue weighted by Gasteiger charge is 2.07. The van der Waals surface area contributed by atoms with Gasteiger partial charge in [0.05, 0.1) is 5.88 Å². The summed E-state index contributed by atoms with van der Waals surface area (Å²) in [6.07, 6.45) is 3.34. The van der Waals surface area contributed by atoms with Crippen LogP contribution in [0.3, 0.4) is 0 Å². The number of aliphatic hydroxyl groups is 1. The average molecular weight is 232 g/mol. The van der Waals surface area contributed by atoms with Gasteiger partial charge in [0, 0.05) is 18.1 Å². The van der Waals surface area contributed by atoms with Crippen LogP contribution >= 0.6 is 11.6 Å². The number of hydrogen-bond donors (Lipinski definition) is 1. The molecule has 15 heavy (non-hydrogen) atoms. The van der Waals surface area contributed by atoms with Gasteiger partial charge in [-0.1, -0.05) is 6.07 Å². The average Bonchev–Trinajstić information content (AvgIpc) is 2.18. The molecule has 0 radical (unpaired) electrons. The number of pyridine rings is 1. The van der Waals surface area contributed by atoms with Crippen molar-refractivity contribution in [3.8, 4) is 0 Å². The number of hydrogen-bond acceptors (Lipinski definition) is 3. The Hall–Kier alpha value is -1.13. The van der Waals surface area contributed by atoms with Crippen molar-refractivity contribution in [1.29, 1.82) is 0 Å². The van der Waals surface area contributed by atoms with Crippen LogP contribution in [0.25, 0.3) is 0 Å². The minimum absolute atomic E-state index is 0.280. The Morgan fingerprint density at radius 1 is 1.47 bits per heavy atom. The Kier molecular flexibility index (Phi) is 7.58. The van der Waals surface area contributed by atoms with Gasteiger partial charge in [-0.05, 0) is 6.92 Å². The van der Waals surface area contributed by atoms with Gasteiger partial charge in [-0.3, -0.25) is 0 Å². The van der Waals surface area contributed by atoms with Gasteiger partial charge in [-0.25, -0.2) is 4.57 Å². The van der Waals surface area contributed by atoms with E-state index in [9.17, 15) is 0 Å². The summed E-state index contributed by atoms with van der Waals surface area (Å²) in [4.78, 5) is 8.89. The van der Waals surface area contributed by atoms with Gasteiger partial charge in [0.1, 0.15) is 6.10 Å². The molecule has 0 amide bonds. The van der Waals surface area contributed by atoms with Crippen LogP contribution in [-0.4, -0.2) is 23.1 Å². The predicted molar refractivity (Wildman–Crippen MR) is 54.0 cm³/mol. The summed E-state index contributed by atoms with van der Waals surface area (Å²) in [5.74, 6) is -0.804. The third-order valence-corrected chi connectivity index (χ3v) is 1.73. The van der Waals surface area contributed by atoms with Crippen molar-refractivity contribution in [2.45, 2.75) is 19.6 Å². The van der Waals surface area contributed by atoms with Crippen molar-refractivity contribution in [2.24, 2.45) is 0 Å². The van der Waals surface area contributed by atoms with E-state index in [1.54, 1.807) is 0 Å². The molecule has 1 unspecified atom stereocenters. The van der Waals surface area contributed by atoms with E-state index in [1.807, 2.05) is 35.2 Å². The molecule has 0 aliphatic heterocycles. The number of nitrogens with zero attached hydrogens (tertiary/aromatic N) is 1. The lowest BCUT2D eigenvalue weighted by Gasteiger charge is -2.00. The molecule has 1 atom stereocenters. The maximum atomic E-state index is 9.16. The van der Waals surface area contributed by atoms with Crippen molar-refractivity contribution in [3.63, 3.8) is 0 Å². The Morgan fingerprint density at radius 2 is 1.93 bits per heavy atom.